The number of aromatic nitrogens is 1. The average molecular weight is 375 g/mol. The van der Waals surface area contributed by atoms with Gasteiger partial charge in [0.15, 0.2) is 5.78 Å². The van der Waals surface area contributed by atoms with Gasteiger partial charge in [0, 0.05) is 36.1 Å². The van der Waals surface area contributed by atoms with E-state index in [0.29, 0.717) is 12.1 Å². The molecule has 3 heterocycles. The number of hydrogen-bond donors (Lipinski definition) is 0. The van der Waals surface area contributed by atoms with Gasteiger partial charge in [0.2, 0.25) is 0 Å². The zero-order valence-corrected chi connectivity index (χ0v) is 16.2. The molecule has 0 N–H and O–H groups in total. The molecule has 3 rings (SSSR count). The van der Waals surface area contributed by atoms with Crippen LogP contribution in [-0.4, -0.2) is 63.3 Å². The molecule has 2 fully saturated rings. The van der Waals surface area contributed by atoms with Crippen molar-refractivity contribution in [2.75, 3.05) is 13.2 Å². The van der Waals surface area contributed by atoms with E-state index in [1.54, 1.807) is 19.9 Å². The fourth-order valence-corrected chi connectivity index (χ4v) is 3.70. The van der Waals surface area contributed by atoms with E-state index in [0.717, 1.165) is 40.6 Å². The highest BCUT2D eigenvalue weighted by Gasteiger charge is 2.46. The Morgan fingerprint density at radius 2 is 1.93 bits per heavy atom. The molecule has 0 aromatic carbocycles. The smallest absolute Gasteiger partial charge is 0.334 e. The number of aryl methyl sites for hydroxylation is 1. The summed E-state index contributed by atoms with van der Waals surface area (Å²) < 4.78 is 7.70. The molecule has 8 nitrogen and oxygen atoms in total. The molecule has 0 bridgehead atoms. The van der Waals surface area contributed by atoms with E-state index in [1.807, 2.05) is 18.4 Å². The van der Waals surface area contributed by atoms with Gasteiger partial charge in [-0.3, -0.25) is 19.3 Å². The van der Waals surface area contributed by atoms with E-state index in [-0.39, 0.29) is 11.9 Å². The third-order valence-electron chi connectivity index (χ3n) is 5.19. The van der Waals surface area contributed by atoms with Gasteiger partial charge in [0.25, 0.3) is 0 Å². The van der Waals surface area contributed by atoms with E-state index in [2.05, 4.69) is 0 Å². The summed E-state index contributed by atoms with van der Waals surface area (Å²) in [6.07, 6.45) is 2.16. The zero-order valence-electron chi connectivity index (χ0n) is 16.2. The van der Waals surface area contributed by atoms with Gasteiger partial charge in [-0.2, -0.15) is 0 Å². The van der Waals surface area contributed by atoms with Gasteiger partial charge in [-0.25, -0.2) is 9.69 Å². The maximum Gasteiger partial charge on any atom is 0.334 e. The van der Waals surface area contributed by atoms with Crippen molar-refractivity contribution in [3.8, 4) is 0 Å². The van der Waals surface area contributed by atoms with Crippen LogP contribution >= 0.6 is 0 Å². The number of ether oxygens (including phenoxy) is 1. The molecule has 2 aliphatic rings. The second-order valence-electron chi connectivity index (χ2n) is 7.40. The second-order valence-corrected chi connectivity index (χ2v) is 7.40. The Bertz CT molecular complexity index is 805. The maximum atomic E-state index is 12.8. The highest BCUT2D eigenvalue weighted by Crippen LogP contribution is 2.22. The largest absolute Gasteiger partial charge is 0.376 e. The predicted octanol–water partition coefficient (Wildman–Crippen LogP) is 1.67. The quantitative estimate of drug-likeness (QED) is 0.429. The molecule has 0 aliphatic carbocycles. The van der Waals surface area contributed by atoms with E-state index in [9.17, 15) is 19.2 Å². The van der Waals surface area contributed by atoms with Gasteiger partial charge in [-0.15, -0.1) is 0 Å². The topological polar surface area (TPSA) is 88.9 Å². The van der Waals surface area contributed by atoms with Crippen LogP contribution in [0.2, 0.25) is 0 Å². The van der Waals surface area contributed by atoms with Crippen molar-refractivity contribution in [2.45, 2.75) is 59.2 Å². The van der Waals surface area contributed by atoms with Crippen LogP contribution < -0.4 is 0 Å². The number of Topliss-reactive ketones (excluding diaryl/α,β-unsaturated/α-hetero) is 1. The van der Waals surface area contributed by atoms with E-state index in [1.165, 1.54) is 0 Å². The van der Waals surface area contributed by atoms with Crippen molar-refractivity contribution in [1.29, 1.82) is 0 Å². The van der Waals surface area contributed by atoms with E-state index in [4.69, 9.17) is 4.74 Å². The molecule has 4 amide bonds. The molecule has 2 aliphatic heterocycles. The van der Waals surface area contributed by atoms with Crippen molar-refractivity contribution in [3.63, 3.8) is 0 Å². The van der Waals surface area contributed by atoms with Gasteiger partial charge < -0.3 is 9.30 Å². The molecular formula is C19H25N3O5. The van der Waals surface area contributed by atoms with Gasteiger partial charge in [0.1, 0.15) is 0 Å². The summed E-state index contributed by atoms with van der Waals surface area (Å²) in [7, 11) is 0. The zero-order chi connectivity index (χ0) is 19.9. The first-order chi connectivity index (χ1) is 12.7. The third kappa shape index (κ3) is 3.41. The third-order valence-corrected chi connectivity index (χ3v) is 5.19. The van der Waals surface area contributed by atoms with Crippen LogP contribution in [0.5, 0.6) is 0 Å². The van der Waals surface area contributed by atoms with Crippen LogP contribution in [0.15, 0.2) is 6.07 Å². The predicted molar refractivity (Wildman–Crippen MR) is 96.3 cm³/mol. The molecule has 0 radical (unpaired) electrons. The monoisotopic (exact) mass is 375 g/mol. The lowest BCUT2D eigenvalue weighted by Crippen LogP contribution is -2.39. The summed E-state index contributed by atoms with van der Waals surface area (Å²) >= 11 is 0. The van der Waals surface area contributed by atoms with Crippen molar-refractivity contribution in [3.05, 3.63) is 23.0 Å². The van der Waals surface area contributed by atoms with Crippen LogP contribution in [0, 0.1) is 13.8 Å². The highest BCUT2D eigenvalue weighted by atomic mass is 16.5. The van der Waals surface area contributed by atoms with Crippen molar-refractivity contribution >= 4 is 23.6 Å². The standard InChI is InChI=1S/C19H25N3O5/c1-11(2)22-18(25)17(24)21(19(22)26)10-16(23)15-8-12(3)20(13(15)4)9-14-6-5-7-27-14/h8,11,14H,5-7,9-10H2,1-4H3/t14-/m0/s1. The number of rotatable bonds is 6. The molecule has 146 valence electrons. The first kappa shape index (κ1) is 19.3. The summed E-state index contributed by atoms with van der Waals surface area (Å²) in [5.74, 6) is -2.19. The molecule has 0 saturated carbocycles. The van der Waals surface area contributed by atoms with Crippen LogP contribution in [0.3, 0.4) is 0 Å². The lowest BCUT2D eigenvalue weighted by molar-refractivity contribution is -0.143. The molecule has 2 saturated heterocycles. The Kier molecular flexibility index (Phi) is 5.19. The number of ketones is 1. The summed E-state index contributed by atoms with van der Waals surface area (Å²) in [5, 5.41) is 0. The van der Waals surface area contributed by atoms with Crippen LogP contribution in [0.1, 0.15) is 48.4 Å². The maximum absolute atomic E-state index is 12.8. The molecule has 1 aromatic heterocycles. The number of carbonyl (C=O) groups is 4. The first-order valence-corrected chi connectivity index (χ1v) is 9.23. The number of urea groups is 1. The SMILES string of the molecule is Cc1cc(C(=O)CN2C(=O)C(=O)N(C(C)C)C2=O)c(C)n1C[C@@H]1CCCO1. The van der Waals surface area contributed by atoms with Crippen molar-refractivity contribution in [2.24, 2.45) is 0 Å². The molecule has 8 heteroatoms. The number of hydrogen-bond acceptors (Lipinski definition) is 5. The van der Waals surface area contributed by atoms with Gasteiger partial charge in [-0.05, 0) is 46.6 Å². The lowest BCUT2D eigenvalue weighted by Gasteiger charge is -2.18. The Labute approximate surface area is 158 Å². The van der Waals surface area contributed by atoms with E-state index >= 15 is 0 Å². The minimum absolute atomic E-state index is 0.136. The summed E-state index contributed by atoms with van der Waals surface area (Å²) in [6, 6.07) is 0.590. The summed E-state index contributed by atoms with van der Waals surface area (Å²) in [4.78, 5) is 50.9. The fraction of sp³-hybridized carbons (Fsp3) is 0.579. The Hall–Kier alpha value is -2.48. The molecule has 1 atom stereocenters. The number of nitrogens with zero attached hydrogens (tertiary/aromatic N) is 3. The molecular weight excluding hydrogens is 350 g/mol. The number of carbonyl (C=O) groups excluding carboxylic acids is 4. The van der Waals surface area contributed by atoms with Crippen LogP contribution in [-0.2, 0) is 20.9 Å². The van der Waals surface area contributed by atoms with Crippen molar-refractivity contribution < 1.29 is 23.9 Å². The first-order valence-electron chi connectivity index (χ1n) is 9.23. The number of imide groups is 2. The van der Waals surface area contributed by atoms with Gasteiger partial charge in [0.05, 0.1) is 12.6 Å². The molecule has 27 heavy (non-hydrogen) atoms. The normalized spacial score (nSPS) is 20.5. The Balaban J connectivity index is 1.78. The van der Waals surface area contributed by atoms with Gasteiger partial charge in [-0.1, -0.05) is 0 Å². The Morgan fingerprint density at radius 1 is 1.22 bits per heavy atom. The summed E-state index contributed by atoms with van der Waals surface area (Å²) in [6.45, 7) is 8.04. The minimum Gasteiger partial charge on any atom is -0.376 e. The molecule has 1 aromatic rings. The lowest BCUT2D eigenvalue weighted by atomic mass is 10.1. The van der Waals surface area contributed by atoms with Gasteiger partial charge >= 0.3 is 17.8 Å². The average Bonchev–Trinajstić information content (AvgIpc) is 3.26. The molecule has 0 unspecified atom stereocenters. The summed E-state index contributed by atoms with van der Waals surface area (Å²) in [5.41, 5.74) is 2.16. The van der Waals surface area contributed by atoms with Crippen LogP contribution in [0.25, 0.3) is 0 Å². The highest BCUT2D eigenvalue weighted by molar-refractivity contribution is 6.45. The fourth-order valence-electron chi connectivity index (χ4n) is 3.70. The number of amides is 4. The molecule has 0 spiro atoms. The minimum atomic E-state index is -0.949. The van der Waals surface area contributed by atoms with Crippen LogP contribution in [0.4, 0.5) is 4.79 Å². The Morgan fingerprint density at radius 3 is 2.48 bits per heavy atom. The second kappa shape index (κ2) is 7.26. The van der Waals surface area contributed by atoms with Crippen molar-refractivity contribution in [1.82, 2.24) is 14.4 Å². The van der Waals surface area contributed by atoms with E-state index < -0.39 is 30.4 Å².